The van der Waals surface area contributed by atoms with Crippen molar-refractivity contribution in [3.8, 4) is 5.75 Å². The monoisotopic (exact) mass is 326 g/mol. The average molecular weight is 327 g/mol. The number of methoxy groups -OCH3 is 1. The number of halogens is 1. The Morgan fingerprint density at radius 3 is 2.90 bits per heavy atom. The van der Waals surface area contributed by atoms with Gasteiger partial charge in [0, 0.05) is 23.2 Å². The molecule has 112 valence electrons. The number of thiophene rings is 1. The zero-order valence-electron chi connectivity index (χ0n) is 11.5. The van der Waals surface area contributed by atoms with Crippen molar-refractivity contribution >= 4 is 38.9 Å². The van der Waals surface area contributed by atoms with E-state index < -0.39 is 0 Å². The lowest BCUT2D eigenvalue weighted by molar-refractivity contribution is 0.0127. The van der Waals surface area contributed by atoms with Gasteiger partial charge in [0.15, 0.2) is 0 Å². The van der Waals surface area contributed by atoms with Gasteiger partial charge >= 0.3 is 0 Å². The number of benzene rings is 1. The summed E-state index contributed by atoms with van der Waals surface area (Å²) in [6.45, 7) is 2.61. The molecule has 0 bridgehead atoms. The van der Waals surface area contributed by atoms with E-state index in [1.807, 2.05) is 23.2 Å². The topological polar surface area (TPSA) is 50.8 Å². The molecule has 0 atom stereocenters. The minimum Gasteiger partial charge on any atom is -0.497 e. The number of rotatable bonds is 3. The Morgan fingerprint density at radius 2 is 2.19 bits per heavy atom. The molecule has 5 nitrogen and oxygen atoms in total. The van der Waals surface area contributed by atoms with Crippen LogP contribution in [0.4, 0.5) is 0 Å². The van der Waals surface area contributed by atoms with Crippen molar-refractivity contribution in [3.05, 3.63) is 28.1 Å². The van der Waals surface area contributed by atoms with Gasteiger partial charge in [-0.15, -0.1) is 11.3 Å². The molecule has 2 heterocycles. The Bertz CT molecular complexity index is 668. The van der Waals surface area contributed by atoms with Crippen LogP contribution in [0.1, 0.15) is 9.67 Å². The molecule has 1 aromatic carbocycles. The quantitative estimate of drug-likeness (QED) is 0.941. The maximum absolute atomic E-state index is 12.4. The van der Waals surface area contributed by atoms with Crippen LogP contribution < -0.4 is 10.2 Å². The molecule has 1 aliphatic heterocycles. The smallest absolute Gasteiger partial charge is 0.277 e. The first-order valence-corrected chi connectivity index (χ1v) is 7.78. The number of hydrogen-bond acceptors (Lipinski definition) is 5. The molecular formula is C14H15ClN2O3S. The summed E-state index contributed by atoms with van der Waals surface area (Å²) in [6, 6.07) is 5.60. The van der Waals surface area contributed by atoms with E-state index in [0.717, 1.165) is 15.8 Å². The number of hydrazine groups is 1. The highest BCUT2D eigenvalue weighted by Gasteiger charge is 2.20. The maximum atomic E-state index is 12.4. The van der Waals surface area contributed by atoms with E-state index in [-0.39, 0.29) is 5.91 Å². The normalized spacial score (nSPS) is 16.1. The molecule has 0 aliphatic carbocycles. The van der Waals surface area contributed by atoms with Gasteiger partial charge < -0.3 is 9.47 Å². The fourth-order valence-electron chi connectivity index (χ4n) is 2.19. The van der Waals surface area contributed by atoms with Gasteiger partial charge in [0.2, 0.25) is 0 Å². The molecule has 3 rings (SSSR count). The molecule has 1 amide bonds. The zero-order valence-corrected chi connectivity index (χ0v) is 13.1. The predicted molar refractivity (Wildman–Crippen MR) is 83.2 cm³/mol. The SMILES string of the molecule is COc1ccc2c(Cl)c(C(=O)NN3CCOCC3)sc2c1. The summed E-state index contributed by atoms with van der Waals surface area (Å²) in [7, 11) is 1.61. The first kappa shape index (κ1) is 14.6. The van der Waals surface area contributed by atoms with Crippen molar-refractivity contribution < 1.29 is 14.3 Å². The number of hydrogen-bond donors (Lipinski definition) is 1. The van der Waals surface area contributed by atoms with Gasteiger partial charge in [0.05, 0.1) is 25.3 Å². The molecule has 1 saturated heterocycles. The number of nitrogens with zero attached hydrogens (tertiary/aromatic N) is 1. The minimum atomic E-state index is -0.179. The van der Waals surface area contributed by atoms with Crippen molar-refractivity contribution in [3.63, 3.8) is 0 Å². The largest absolute Gasteiger partial charge is 0.497 e. The van der Waals surface area contributed by atoms with Crippen molar-refractivity contribution in [2.75, 3.05) is 33.4 Å². The van der Waals surface area contributed by atoms with Crippen LogP contribution in [0.25, 0.3) is 10.1 Å². The van der Waals surface area contributed by atoms with E-state index in [0.29, 0.717) is 36.2 Å². The first-order chi connectivity index (χ1) is 10.2. The number of carbonyl (C=O) groups is 1. The second kappa shape index (κ2) is 6.19. The highest BCUT2D eigenvalue weighted by Crippen LogP contribution is 2.37. The molecule has 1 N–H and O–H groups in total. The first-order valence-electron chi connectivity index (χ1n) is 6.59. The van der Waals surface area contributed by atoms with Crippen LogP contribution in [0, 0.1) is 0 Å². The van der Waals surface area contributed by atoms with Gasteiger partial charge in [-0.2, -0.15) is 0 Å². The molecule has 1 aromatic heterocycles. The standard InChI is InChI=1S/C14H15ClN2O3S/c1-19-9-2-3-10-11(8-9)21-13(12(10)15)14(18)16-17-4-6-20-7-5-17/h2-3,8H,4-7H2,1H3,(H,16,18). The van der Waals surface area contributed by atoms with Crippen LogP contribution in [0.2, 0.25) is 5.02 Å². The van der Waals surface area contributed by atoms with Crippen LogP contribution in [0.3, 0.4) is 0 Å². The molecule has 0 unspecified atom stereocenters. The summed E-state index contributed by atoms with van der Waals surface area (Å²) >= 11 is 7.70. The molecule has 0 radical (unpaired) electrons. The summed E-state index contributed by atoms with van der Waals surface area (Å²) in [5.74, 6) is 0.572. The van der Waals surface area contributed by atoms with Gasteiger partial charge in [-0.1, -0.05) is 11.6 Å². The third kappa shape index (κ3) is 2.98. The molecule has 0 spiro atoms. The van der Waals surface area contributed by atoms with E-state index in [1.54, 1.807) is 7.11 Å². The summed E-state index contributed by atoms with van der Waals surface area (Å²) in [5.41, 5.74) is 2.87. The highest BCUT2D eigenvalue weighted by molar-refractivity contribution is 7.21. The van der Waals surface area contributed by atoms with Crippen LogP contribution in [-0.4, -0.2) is 44.3 Å². The predicted octanol–water partition coefficient (Wildman–Crippen LogP) is 2.54. The van der Waals surface area contributed by atoms with Crippen molar-refractivity contribution in [2.24, 2.45) is 0 Å². The minimum absolute atomic E-state index is 0.179. The molecule has 0 saturated carbocycles. The van der Waals surface area contributed by atoms with Crippen molar-refractivity contribution in [1.29, 1.82) is 0 Å². The summed E-state index contributed by atoms with van der Waals surface area (Å²) in [5, 5.41) is 3.21. The average Bonchev–Trinajstić information content (AvgIpc) is 2.85. The molecule has 21 heavy (non-hydrogen) atoms. The number of amides is 1. The second-order valence-corrected chi connectivity index (χ2v) is 6.08. The molecule has 1 aliphatic rings. The fourth-order valence-corrected chi connectivity index (χ4v) is 3.62. The zero-order chi connectivity index (χ0) is 14.8. The maximum Gasteiger partial charge on any atom is 0.277 e. The lowest BCUT2D eigenvalue weighted by Crippen LogP contribution is -2.48. The third-order valence-electron chi connectivity index (χ3n) is 3.31. The number of ether oxygens (including phenoxy) is 2. The third-order valence-corrected chi connectivity index (χ3v) is 4.97. The molecule has 2 aromatic rings. The van der Waals surface area contributed by atoms with E-state index in [4.69, 9.17) is 21.1 Å². The Balaban J connectivity index is 1.85. The van der Waals surface area contributed by atoms with Crippen molar-refractivity contribution in [1.82, 2.24) is 10.4 Å². The van der Waals surface area contributed by atoms with E-state index in [9.17, 15) is 4.79 Å². The molecule has 1 fully saturated rings. The fraction of sp³-hybridized carbons (Fsp3) is 0.357. The van der Waals surface area contributed by atoms with Gasteiger partial charge in [-0.3, -0.25) is 10.2 Å². The lowest BCUT2D eigenvalue weighted by Gasteiger charge is -2.26. The van der Waals surface area contributed by atoms with Gasteiger partial charge in [0.25, 0.3) is 5.91 Å². The van der Waals surface area contributed by atoms with Gasteiger partial charge in [0.1, 0.15) is 10.6 Å². The Labute approximate surface area is 131 Å². The van der Waals surface area contributed by atoms with Gasteiger partial charge in [-0.25, -0.2) is 5.01 Å². The van der Waals surface area contributed by atoms with Crippen LogP contribution in [0.5, 0.6) is 5.75 Å². The number of fused-ring (bicyclic) bond motifs is 1. The van der Waals surface area contributed by atoms with Crippen LogP contribution in [-0.2, 0) is 4.74 Å². The number of carbonyl (C=O) groups excluding carboxylic acids is 1. The number of morpholine rings is 1. The van der Waals surface area contributed by atoms with Crippen molar-refractivity contribution in [2.45, 2.75) is 0 Å². The second-order valence-electron chi connectivity index (χ2n) is 4.65. The summed E-state index contributed by atoms with van der Waals surface area (Å²) < 4.78 is 11.4. The Morgan fingerprint density at radius 1 is 1.43 bits per heavy atom. The Hall–Kier alpha value is -1.34. The summed E-state index contributed by atoms with van der Waals surface area (Å²) in [6.07, 6.45) is 0. The highest BCUT2D eigenvalue weighted by atomic mass is 35.5. The molecule has 7 heteroatoms. The van der Waals surface area contributed by atoms with E-state index in [1.165, 1.54) is 11.3 Å². The van der Waals surface area contributed by atoms with Gasteiger partial charge in [-0.05, 0) is 18.2 Å². The number of nitrogens with one attached hydrogen (secondary N) is 1. The van der Waals surface area contributed by atoms with E-state index >= 15 is 0 Å². The molecular weight excluding hydrogens is 312 g/mol. The van der Waals surface area contributed by atoms with E-state index in [2.05, 4.69) is 5.43 Å². The van der Waals surface area contributed by atoms with Crippen LogP contribution in [0.15, 0.2) is 18.2 Å². The Kier molecular flexibility index (Phi) is 4.30. The summed E-state index contributed by atoms with van der Waals surface area (Å²) in [4.78, 5) is 12.9. The lowest BCUT2D eigenvalue weighted by atomic mass is 10.2. The van der Waals surface area contributed by atoms with Crippen LogP contribution >= 0.6 is 22.9 Å².